The van der Waals surface area contributed by atoms with Gasteiger partial charge < -0.3 is 9.84 Å². The molecule has 0 saturated carbocycles. The van der Waals surface area contributed by atoms with Gasteiger partial charge in [0.2, 0.25) is 0 Å². The zero-order valence-corrected chi connectivity index (χ0v) is 12.0. The molecular formula is C14H14FNO4S. The minimum atomic E-state index is -3.91. The lowest BCUT2D eigenvalue weighted by molar-refractivity contribution is 0.278. The van der Waals surface area contributed by atoms with Crippen LogP contribution in [0, 0.1) is 5.82 Å². The van der Waals surface area contributed by atoms with E-state index in [4.69, 9.17) is 4.74 Å². The molecule has 2 rings (SSSR count). The predicted octanol–water partition coefficient (Wildman–Crippen LogP) is 2.13. The van der Waals surface area contributed by atoms with Gasteiger partial charge in [0.15, 0.2) is 11.6 Å². The second-order valence-electron chi connectivity index (χ2n) is 4.22. The number of methoxy groups -OCH3 is 1. The lowest BCUT2D eigenvalue weighted by atomic mass is 10.2. The summed E-state index contributed by atoms with van der Waals surface area (Å²) >= 11 is 0. The number of nitrogens with one attached hydrogen (secondary N) is 1. The largest absolute Gasteiger partial charge is 0.494 e. The van der Waals surface area contributed by atoms with E-state index in [1.807, 2.05) is 0 Å². The summed E-state index contributed by atoms with van der Waals surface area (Å²) in [7, 11) is -2.59. The van der Waals surface area contributed by atoms with E-state index in [1.165, 1.54) is 31.4 Å². The van der Waals surface area contributed by atoms with Gasteiger partial charge in [-0.2, -0.15) is 0 Å². The second kappa shape index (κ2) is 6.11. The van der Waals surface area contributed by atoms with Gasteiger partial charge >= 0.3 is 0 Å². The van der Waals surface area contributed by atoms with E-state index < -0.39 is 22.4 Å². The van der Waals surface area contributed by atoms with Crippen LogP contribution in [0.25, 0.3) is 0 Å². The highest BCUT2D eigenvalue weighted by molar-refractivity contribution is 7.92. The molecular weight excluding hydrogens is 297 g/mol. The highest BCUT2D eigenvalue weighted by atomic mass is 32.2. The Morgan fingerprint density at radius 1 is 1.24 bits per heavy atom. The van der Waals surface area contributed by atoms with Crippen LogP contribution in [0.1, 0.15) is 5.56 Å². The molecule has 2 aromatic rings. The van der Waals surface area contributed by atoms with Crippen LogP contribution in [0.3, 0.4) is 0 Å². The summed E-state index contributed by atoms with van der Waals surface area (Å²) in [5.74, 6) is -0.651. The van der Waals surface area contributed by atoms with Gasteiger partial charge in [0, 0.05) is 6.07 Å². The monoisotopic (exact) mass is 311 g/mol. The van der Waals surface area contributed by atoms with E-state index in [0.29, 0.717) is 0 Å². The molecule has 2 N–H and O–H groups in total. The minimum absolute atomic E-state index is 0.0220. The quantitative estimate of drug-likeness (QED) is 0.887. The molecule has 0 atom stereocenters. The number of sulfonamides is 1. The van der Waals surface area contributed by atoms with Crippen LogP contribution in [0.2, 0.25) is 0 Å². The maximum absolute atomic E-state index is 13.6. The Bertz CT molecular complexity index is 746. The van der Waals surface area contributed by atoms with Gasteiger partial charge in [-0.3, -0.25) is 4.72 Å². The molecule has 0 fully saturated rings. The second-order valence-corrected chi connectivity index (χ2v) is 5.87. The van der Waals surface area contributed by atoms with Gasteiger partial charge in [-0.25, -0.2) is 12.8 Å². The Labute approximate surface area is 122 Å². The first kappa shape index (κ1) is 15.3. The van der Waals surface area contributed by atoms with Crippen molar-refractivity contribution in [1.82, 2.24) is 0 Å². The van der Waals surface area contributed by atoms with Crippen molar-refractivity contribution in [2.45, 2.75) is 11.5 Å². The zero-order chi connectivity index (χ0) is 15.5. The SMILES string of the molecule is COc1ccc(NS(=O)(=O)c2ccccc2CO)cc1F. The van der Waals surface area contributed by atoms with Crippen LogP contribution in [0.4, 0.5) is 10.1 Å². The number of anilines is 1. The Balaban J connectivity index is 2.35. The number of hydrogen-bond acceptors (Lipinski definition) is 4. The highest BCUT2D eigenvalue weighted by Gasteiger charge is 2.18. The van der Waals surface area contributed by atoms with Crippen molar-refractivity contribution in [2.75, 3.05) is 11.8 Å². The molecule has 2 aromatic carbocycles. The molecule has 0 bridgehead atoms. The molecule has 5 nitrogen and oxygen atoms in total. The van der Waals surface area contributed by atoms with Crippen LogP contribution in [0.15, 0.2) is 47.4 Å². The molecule has 0 heterocycles. The Morgan fingerprint density at radius 3 is 2.57 bits per heavy atom. The lowest BCUT2D eigenvalue weighted by Gasteiger charge is -2.11. The van der Waals surface area contributed by atoms with Crippen LogP contribution in [-0.4, -0.2) is 20.6 Å². The normalized spacial score (nSPS) is 11.2. The van der Waals surface area contributed by atoms with Crippen LogP contribution >= 0.6 is 0 Å². The molecule has 0 amide bonds. The van der Waals surface area contributed by atoms with Crippen molar-refractivity contribution < 1.29 is 22.7 Å². The van der Waals surface area contributed by atoms with Gasteiger partial charge in [-0.15, -0.1) is 0 Å². The van der Waals surface area contributed by atoms with Crippen LogP contribution in [0.5, 0.6) is 5.75 Å². The van der Waals surface area contributed by atoms with Gasteiger partial charge in [0.1, 0.15) is 0 Å². The van der Waals surface area contributed by atoms with E-state index in [0.717, 1.165) is 6.07 Å². The van der Waals surface area contributed by atoms with Crippen molar-refractivity contribution in [3.05, 3.63) is 53.8 Å². The number of hydrogen-bond donors (Lipinski definition) is 2. The van der Waals surface area contributed by atoms with Gasteiger partial charge in [-0.05, 0) is 23.8 Å². The summed E-state index contributed by atoms with van der Waals surface area (Å²) in [4.78, 5) is -0.0521. The minimum Gasteiger partial charge on any atom is -0.494 e. The maximum Gasteiger partial charge on any atom is 0.262 e. The summed E-state index contributed by atoms with van der Waals surface area (Å²) < 4.78 is 45.1. The molecule has 21 heavy (non-hydrogen) atoms. The van der Waals surface area contributed by atoms with Crippen molar-refractivity contribution in [1.29, 1.82) is 0 Å². The summed E-state index contributed by atoms with van der Waals surface area (Å²) in [6, 6.07) is 9.78. The van der Waals surface area contributed by atoms with Crippen molar-refractivity contribution in [3.63, 3.8) is 0 Å². The van der Waals surface area contributed by atoms with Crippen LogP contribution < -0.4 is 9.46 Å². The third-order valence-electron chi connectivity index (χ3n) is 2.84. The number of rotatable bonds is 5. The fraction of sp³-hybridized carbons (Fsp3) is 0.143. The average Bonchev–Trinajstić information content (AvgIpc) is 2.47. The fourth-order valence-electron chi connectivity index (χ4n) is 1.84. The van der Waals surface area contributed by atoms with E-state index in [1.54, 1.807) is 12.1 Å². The molecule has 0 aliphatic heterocycles. The Morgan fingerprint density at radius 2 is 1.95 bits per heavy atom. The molecule has 112 valence electrons. The smallest absolute Gasteiger partial charge is 0.262 e. The van der Waals surface area contributed by atoms with Crippen molar-refractivity contribution >= 4 is 15.7 Å². The van der Waals surface area contributed by atoms with Gasteiger partial charge in [0.25, 0.3) is 10.0 Å². The Kier molecular flexibility index (Phi) is 4.44. The van der Waals surface area contributed by atoms with Crippen molar-refractivity contribution in [2.24, 2.45) is 0 Å². The molecule has 0 spiro atoms. The molecule has 7 heteroatoms. The number of ether oxygens (including phenoxy) is 1. The van der Waals surface area contributed by atoms with E-state index in [-0.39, 0.29) is 21.9 Å². The average molecular weight is 311 g/mol. The third-order valence-corrected chi connectivity index (χ3v) is 4.32. The summed E-state index contributed by atoms with van der Waals surface area (Å²) in [5.41, 5.74) is 0.333. The molecule has 0 aliphatic carbocycles. The van der Waals surface area contributed by atoms with E-state index in [9.17, 15) is 17.9 Å². The molecule has 0 radical (unpaired) electrons. The van der Waals surface area contributed by atoms with Crippen LogP contribution in [-0.2, 0) is 16.6 Å². The summed E-state index contributed by atoms with van der Waals surface area (Å²) in [6.45, 7) is -0.409. The van der Waals surface area contributed by atoms with E-state index >= 15 is 0 Å². The first-order valence-corrected chi connectivity index (χ1v) is 7.51. The first-order chi connectivity index (χ1) is 9.97. The predicted molar refractivity (Wildman–Crippen MR) is 76.1 cm³/mol. The highest BCUT2D eigenvalue weighted by Crippen LogP contribution is 2.24. The number of halogens is 1. The number of aliphatic hydroxyl groups is 1. The van der Waals surface area contributed by atoms with Gasteiger partial charge in [-0.1, -0.05) is 18.2 Å². The van der Waals surface area contributed by atoms with Crippen molar-refractivity contribution in [3.8, 4) is 5.75 Å². The standard InChI is InChI=1S/C14H14FNO4S/c1-20-13-7-6-11(8-12(13)15)16-21(18,19)14-5-3-2-4-10(14)9-17/h2-8,16-17H,9H2,1H3. The number of benzene rings is 2. The summed E-state index contributed by atoms with van der Waals surface area (Å²) in [5, 5.41) is 9.19. The first-order valence-electron chi connectivity index (χ1n) is 6.03. The summed E-state index contributed by atoms with van der Waals surface area (Å²) in [6.07, 6.45) is 0. The fourth-order valence-corrected chi connectivity index (χ4v) is 3.12. The zero-order valence-electron chi connectivity index (χ0n) is 11.2. The Hall–Kier alpha value is -2.12. The number of aliphatic hydroxyl groups excluding tert-OH is 1. The molecule has 0 saturated heterocycles. The topological polar surface area (TPSA) is 75.6 Å². The molecule has 0 aromatic heterocycles. The molecule has 0 aliphatic rings. The lowest BCUT2D eigenvalue weighted by Crippen LogP contribution is -2.15. The molecule has 0 unspecified atom stereocenters. The van der Waals surface area contributed by atoms with E-state index in [2.05, 4.69) is 4.72 Å². The maximum atomic E-state index is 13.6. The third kappa shape index (κ3) is 3.32. The van der Waals surface area contributed by atoms with Gasteiger partial charge in [0.05, 0.1) is 24.3 Å².